The molecule has 1 fully saturated rings. The summed E-state index contributed by atoms with van der Waals surface area (Å²) in [4.78, 5) is -0.146. The highest BCUT2D eigenvalue weighted by atomic mass is 35.5. The molecule has 112 valence electrons. The van der Waals surface area contributed by atoms with Crippen molar-refractivity contribution in [2.75, 3.05) is 6.54 Å². The van der Waals surface area contributed by atoms with E-state index in [2.05, 4.69) is 0 Å². The first kappa shape index (κ1) is 15.6. The fraction of sp³-hybridized carbons (Fsp3) is 0.500. The molecular formula is C12H13ClF3NO2S. The summed E-state index contributed by atoms with van der Waals surface area (Å²) in [6, 6.07) is 5.15. The second-order valence-electron chi connectivity index (χ2n) is 4.68. The number of sulfonamides is 1. The van der Waals surface area contributed by atoms with Crippen LogP contribution in [0.2, 0.25) is 0 Å². The van der Waals surface area contributed by atoms with Crippen LogP contribution in [0.4, 0.5) is 13.2 Å². The van der Waals surface area contributed by atoms with Crippen LogP contribution in [-0.4, -0.2) is 31.5 Å². The molecule has 20 heavy (non-hydrogen) atoms. The molecule has 0 radical (unpaired) electrons. The molecule has 1 aliphatic carbocycles. The largest absolute Gasteiger partial charge is 0.402 e. The second kappa shape index (κ2) is 5.54. The minimum atomic E-state index is -4.56. The number of nitrogens with zero attached hydrogens (tertiary/aromatic N) is 1. The molecule has 0 unspecified atom stereocenters. The molecule has 0 heterocycles. The van der Waals surface area contributed by atoms with E-state index in [1.807, 2.05) is 0 Å². The third-order valence-electron chi connectivity index (χ3n) is 2.95. The maximum atomic E-state index is 12.6. The van der Waals surface area contributed by atoms with Gasteiger partial charge in [-0.05, 0) is 30.5 Å². The fourth-order valence-corrected chi connectivity index (χ4v) is 3.78. The number of alkyl halides is 4. The van der Waals surface area contributed by atoms with Gasteiger partial charge in [0.1, 0.15) is 6.54 Å². The molecule has 3 nitrogen and oxygen atoms in total. The van der Waals surface area contributed by atoms with Crippen LogP contribution in [-0.2, 0) is 15.9 Å². The summed E-state index contributed by atoms with van der Waals surface area (Å²) in [5.74, 6) is 0.103. The molecule has 0 aromatic heterocycles. The number of halogens is 4. The average molecular weight is 328 g/mol. The first-order valence-corrected chi connectivity index (χ1v) is 7.95. The Kier molecular flexibility index (Phi) is 4.32. The molecule has 1 saturated carbocycles. The predicted molar refractivity (Wildman–Crippen MR) is 69.0 cm³/mol. The average Bonchev–Trinajstić information content (AvgIpc) is 3.19. The number of hydrogen-bond donors (Lipinski definition) is 0. The van der Waals surface area contributed by atoms with E-state index < -0.39 is 28.8 Å². The monoisotopic (exact) mass is 327 g/mol. The zero-order chi connectivity index (χ0) is 15.0. The normalized spacial score (nSPS) is 16.6. The molecule has 2 rings (SSSR count). The van der Waals surface area contributed by atoms with Gasteiger partial charge in [0.15, 0.2) is 0 Å². The van der Waals surface area contributed by atoms with Gasteiger partial charge in [0, 0.05) is 11.9 Å². The quantitative estimate of drug-likeness (QED) is 0.779. The van der Waals surface area contributed by atoms with E-state index in [1.165, 1.54) is 18.2 Å². The first-order valence-electron chi connectivity index (χ1n) is 5.97. The van der Waals surface area contributed by atoms with E-state index in [0.29, 0.717) is 22.7 Å². The number of hydrogen-bond acceptors (Lipinski definition) is 2. The van der Waals surface area contributed by atoms with Gasteiger partial charge < -0.3 is 0 Å². The molecule has 0 atom stereocenters. The van der Waals surface area contributed by atoms with E-state index in [1.54, 1.807) is 6.07 Å². The Morgan fingerprint density at radius 3 is 2.45 bits per heavy atom. The lowest BCUT2D eigenvalue weighted by Crippen LogP contribution is -2.40. The van der Waals surface area contributed by atoms with E-state index in [9.17, 15) is 21.6 Å². The summed E-state index contributed by atoms with van der Waals surface area (Å²) in [5, 5.41) is 0. The summed E-state index contributed by atoms with van der Waals surface area (Å²) in [6.07, 6.45) is -3.63. The van der Waals surface area contributed by atoms with Crippen molar-refractivity contribution in [2.45, 2.75) is 35.8 Å². The van der Waals surface area contributed by atoms with E-state index >= 15 is 0 Å². The van der Waals surface area contributed by atoms with Crippen LogP contribution >= 0.6 is 11.6 Å². The maximum absolute atomic E-state index is 12.6. The van der Waals surface area contributed by atoms with Crippen molar-refractivity contribution in [2.24, 2.45) is 0 Å². The van der Waals surface area contributed by atoms with Crippen LogP contribution in [0.3, 0.4) is 0 Å². The third kappa shape index (κ3) is 3.65. The maximum Gasteiger partial charge on any atom is 0.402 e. The Morgan fingerprint density at radius 2 is 1.95 bits per heavy atom. The zero-order valence-corrected chi connectivity index (χ0v) is 12.0. The molecule has 1 aromatic rings. The SMILES string of the molecule is O=S(=O)(c1cccc(CCl)c1)N(CC(F)(F)F)C1CC1. The Balaban J connectivity index is 2.35. The summed E-state index contributed by atoms with van der Waals surface area (Å²) in [6.45, 7) is -1.45. The lowest BCUT2D eigenvalue weighted by atomic mass is 10.2. The molecule has 0 saturated heterocycles. The molecule has 0 amide bonds. The number of benzene rings is 1. The van der Waals surface area contributed by atoms with Crippen LogP contribution < -0.4 is 0 Å². The van der Waals surface area contributed by atoms with Crippen molar-refractivity contribution >= 4 is 21.6 Å². The Morgan fingerprint density at radius 1 is 1.30 bits per heavy atom. The van der Waals surface area contributed by atoms with Crippen LogP contribution in [0.1, 0.15) is 18.4 Å². The van der Waals surface area contributed by atoms with Gasteiger partial charge in [-0.3, -0.25) is 0 Å². The summed E-state index contributed by atoms with van der Waals surface area (Å²) >= 11 is 5.62. The standard InChI is InChI=1S/C12H13ClF3NO2S/c13-7-9-2-1-3-11(6-9)20(18,19)17(10-4-5-10)8-12(14,15)16/h1-3,6,10H,4-5,7-8H2. The highest BCUT2D eigenvalue weighted by Crippen LogP contribution is 2.34. The van der Waals surface area contributed by atoms with Gasteiger partial charge in [-0.15, -0.1) is 11.6 Å². The minimum absolute atomic E-state index is 0.103. The third-order valence-corrected chi connectivity index (χ3v) is 5.15. The highest BCUT2D eigenvalue weighted by molar-refractivity contribution is 7.89. The Hall–Kier alpha value is -0.790. The minimum Gasteiger partial charge on any atom is -0.207 e. The number of rotatable bonds is 5. The van der Waals surface area contributed by atoms with E-state index in [-0.39, 0.29) is 10.8 Å². The predicted octanol–water partition coefficient (Wildman–Crippen LogP) is 3.14. The van der Waals surface area contributed by atoms with E-state index in [4.69, 9.17) is 11.6 Å². The Bertz CT molecular complexity index is 585. The van der Waals surface area contributed by atoms with Crippen LogP contribution in [0.25, 0.3) is 0 Å². The summed E-state index contributed by atoms with van der Waals surface area (Å²) in [5.41, 5.74) is 0.551. The van der Waals surface area contributed by atoms with Crippen LogP contribution in [0, 0.1) is 0 Å². The smallest absolute Gasteiger partial charge is 0.207 e. The molecule has 0 aliphatic heterocycles. The highest BCUT2D eigenvalue weighted by Gasteiger charge is 2.44. The molecule has 1 aromatic carbocycles. The molecule has 8 heteroatoms. The van der Waals surface area contributed by atoms with Crippen LogP contribution in [0.5, 0.6) is 0 Å². The zero-order valence-electron chi connectivity index (χ0n) is 10.4. The van der Waals surface area contributed by atoms with Crippen LogP contribution in [0.15, 0.2) is 29.2 Å². The van der Waals surface area contributed by atoms with Gasteiger partial charge >= 0.3 is 6.18 Å². The van der Waals surface area contributed by atoms with Crippen molar-refractivity contribution in [1.82, 2.24) is 4.31 Å². The van der Waals surface area contributed by atoms with Crippen molar-refractivity contribution < 1.29 is 21.6 Å². The lowest BCUT2D eigenvalue weighted by Gasteiger charge is -2.23. The summed E-state index contributed by atoms with van der Waals surface area (Å²) < 4.78 is 62.9. The van der Waals surface area contributed by atoms with Crippen molar-refractivity contribution in [3.63, 3.8) is 0 Å². The molecule has 0 bridgehead atoms. The van der Waals surface area contributed by atoms with Gasteiger partial charge in [-0.1, -0.05) is 12.1 Å². The molecule has 0 spiro atoms. The van der Waals surface area contributed by atoms with Crippen molar-refractivity contribution in [1.29, 1.82) is 0 Å². The summed E-state index contributed by atoms with van der Waals surface area (Å²) in [7, 11) is -4.15. The molecule has 1 aliphatic rings. The molecular weight excluding hydrogens is 315 g/mol. The van der Waals surface area contributed by atoms with Crippen molar-refractivity contribution in [3.05, 3.63) is 29.8 Å². The molecule has 0 N–H and O–H groups in total. The van der Waals surface area contributed by atoms with Gasteiger partial charge in [0.25, 0.3) is 0 Å². The van der Waals surface area contributed by atoms with Gasteiger partial charge in [0.2, 0.25) is 10.0 Å². The Labute approximate surface area is 120 Å². The second-order valence-corrected chi connectivity index (χ2v) is 6.84. The first-order chi connectivity index (χ1) is 9.24. The van der Waals surface area contributed by atoms with E-state index in [0.717, 1.165) is 0 Å². The van der Waals surface area contributed by atoms with Crippen molar-refractivity contribution in [3.8, 4) is 0 Å². The topological polar surface area (TPSA) is 37.4 Å². The van der Waals surface area contributed by atoms with Gasteiger partial charge in [-0.2, -0.15) is 17.5 Å². The fourth-order valence-electron chi connectivity index (χ4n) is 1.87. The van der Waals surface area contributed by atoms with Gasteiger partial charge in [0.05, 0.1) is 4.90 Å². The lowest BCUT2D eigenvalue weighted by molar-refractivity contribution is -0.137. The van der Waals surface area contributed by atoms with Gasteiger partial charge in [-0.25, -0.2) is 8.42 Å².